The van der Waals surface area contributed by atoms with Crippen LogP contribution in [0.3, 0.4) is 0 Å². The molecule has 1 aliphatic heterocycles. The summed E-state index contributed by atoms with van der Waals surface area (Å²) in [6.07, 6.45) is 4.23. The molecule has 1 heterocycles. The van der Waals surface area contributed by atoms with Gasteiger partial charge in [0.25, 0.3) is 0 Å². The third-order valence-corrected chi connectivity index (χ3v) is 4.37. The molecule has 0 saturated heterocycles. The summed E-state index contributed by atoms with van der Waals surface area (Å²) >= 11 is 1.83. The zero-order valence-electron chi connectivity index (χ0n) is 9.00. The van der Waals surface area contributed by atoms with E-state index in [0.717, 1.165) is 18.6 Å². The van der Waals surface area contributed by atoms with E-state index >= 15 is 0 Å². The van der Waals surface area contributed by atoms with Crippen LogP contribution in [-0.2, 0) is 6.42 Å². The first kappa shape index (κ1) is 10.2. The van der Waals surface area contributed by atoms with Gasteiger partial charge in [-0.3, -0.25) is 0 Å². The van der Waals surface area contributed by atoms with Crippen molar-refractivity contribution in [2.75, 3.05) is 5.75 Å². The van der Waals surface area contributed by atoms with Gasteiger partial charge in [-0.05, 0) is 36.1 Å². The van der Waals surface area contributed by atoms with Crippen LogP contribution in [0.4, 0.5) is 4.39 Å². The van der Waals surface area contributed by atoms with E-state index in [1.165, 1.54) is 21.6 Å². The SMILES string of the molecule is FC1=CC2=C(CC1)Cc1ccccc1SC2. The molecule has 0 nitrogen and oxygen atoms in total. The predicted octanol–water partition coefficient (Wildman–Crippen LogP) is 4.28. The summed E-state index contributed by atoms with van der Waals surface area (Å²) in [5.74, 6) is 0.963. The minimum atomic E-state index is 0.0466. The van der Waals surface area contributed by atoms with Crippen molar-refractivity contribution in [3.05, 3.63) is 52.9 Å². The van der Waals surface area contributed by atoms with Gasteiger partial charge in [0.05, 0.1) is 0 Å². The lowest BCUT2D eigenvalue weighted by atomic mass is 9.92. The largest absolute Gasteiger partial charge is 0.212 e. The van der Waals surface area contributed by atoms with Crippen molar-refractivity contribution in [1.29, 1.82) is 0 Å². The molecule has 0 amide bonds. The fourth-order valence-electron chi connectivity index (χ4n) is 2.32. The number of hydrogen-bond acceptors (Lipinski definition) is 1. The van der Waals surface area contributed by atoms with Gasteiger partial charge in [-0.15, -0.1) is 11.8 Å². The second-order valence-corrected chi connectivity index (χ2v) is 5.31. The molecule has 2 heteroatoms. The van der Waals surface area contributed by atoms with E-state index < -0.39 is 0 Å². The molecule has 0 unspecified atom stereocenters. The maximum Gasteiger partial charge on any atom is 0.101 e. The Labute approximate surface area is 99.2 Å². The highest BCUT2D eigenvalue weighted by Crippen LogP contribution is 2.36. The maximum absolute atomic E-state index is 13.2. The van der Waals surface area contributed by atoms with Crippen LogP contribution < -0.4 is 0 Å². The third-order valence-electron chi connectivity index (χ3n) is 3.21. The number of allylic oxidation sites excluding steroid dienone is 3. The second-order valence-electron chi connectivity index (χ2n) is 4.29. The van der Waals surface area contributed by atoms with Crippen molar-refractivity contribution >= 4 is 11.8 Å². The van der Waals surface area contributed by atoms with Gasteiger partial charge in [0.1, 0.15) is 5.83 Å². The van der Waals surface area contributed by atoms with Crippen molar-refractivity contribution in [1.82, 2.24) is 0 Å². The van der Waals surface area contributed by atoms with Gasteiger partial charge >= 0.3 is 0 Å². The average molecular weight is 232 g/mol. The van der Waals surface area contributed by atoms with E-state index in [1.807, 2.05) is 11.8 Å². The fourth-order valence-corrected chi connectivity index (χ4v) is 3.41. The zero-order chi connectivity index (χ0) is 11.0. The minimum Gasteiger partial charge on any atom is -0.212 e. The summed E-state index contributed by atoms with van der Waals surface area (Å²) in [6.45, 7) is 0. The fraction of sp³-hybridized carbons (Fsp3) is 0.286. The lowest BCUT2D eigenvalue weighted by Crippen LogP contribution is -2.00. The second kappa shape index (κ2) is 4.10. The van der Waals surface area contributed by atoms with Crippen LogP contribution in [0.5, 0.6) is 0 Å². The van der Waals surface area contributed by atoms with Gasteiger partial charge in [0.15, 0.2) is 0 Å². The van der Waals surface area contributed by atoms with Gasteiger partial charge in [-0.1, -0.05) is 23.8 Å². The number of thioether (sulfide) groups is 1. The van der Waals surface area contributed by atoms with Gasteiger partial charge < -0.3 is 0 Å². The molecule has 82 valence electrons. The van der Waals surface area contributed by atoms with Crippen molar-refractivity contribution < 1.29 is 4.39 Å². The summed E-state index contributed by atoms with van der Waals surface area (Å²) < 4.78 is 13.2. The Bertz CT molecular complexity index is 485. The number of hydrogen-bond donors (Lipinski definition) is 0. The van der Waals surface area contributed by atoms with Crippen molar-refractivity contribution in [3.8, 4) is 0 Å². The first-order valence-electron chi connectivity index (χ1n) is 5.60. The molecule has 3 rings (SSSR count). The molecule has 0 atom stereocenters. The Kier molecular flexibility index (Phi) is 2.60. The van der Waals surface area contributed by atoms with Crippen molar-refractivity contribution in [2.24, 2.45) is 0 Å². The molecule has 1 aromatic rings. The Morgan fingerprint density at radius 3 is 2.94 bits per heavy atom. The molecule has 16 heavy (non-hydrogen) atoms. The third kappa shape index (κ3) is 1.82. The van der Waals surface area contributed by atoms with Crippen LogP contribution in [0.1, 0.15) is 18.4 Å². The molecular formula is C14H13FS. The lowest BCUT2D eigenvalue weighted by molar-refractivity contribution is 0.576. The standard InChI is InChI=1S/C14H13FS/c15-13-6-5-10-7-11-3-1-2-4-14(11)16-9-12(10)8-13/h1-4,8H,5-7,9H2. The quantitative estimate of drug-likeness (QED) is 0.643. The molecule has 0 saturated carbocycles. The molecule has 0 fully saturated rings. The molecule has 1 aliphatic carbocycles. The smallest absolute Gasteiger partial charge is 0.101 e. The van der Waals surface area contributed by atoms with Crippen LogP contribution in [-0.4, -0.2) is 5.75 Å². The van der Waals surface area contributed by atoms with Gasteiger partial charge in [-0.25, -0.2) is 4.39 Å². The number of fused-ring (bicyclic) bond motifs is 1. The predicted molar refractivity (Wildman–Crippen MR) is 66.3 cm³/mol. The van der Waals surface area contributed by atoms with E-state index in [1.54, 1.807) is 6.08 Å². The number of rotatable bonds is 0. The number of halogens is 1. The molecule has 2 aliphatic rings. The summed E-state index contributed by atoms with van der Waals surface area (Å²) in [7, 11) is 0. The topological polar surface area (TPSA) is 0 Å². The highest BCUT2D eigenvalue weighted by Gasteiger charge is 2.18. The van der Waals surface area contributed by atoms with Crippen LogP contribution in [0.15, 0.2) is 52.2 Å². The van der Waals surface area contributed by atoms with Crippen LogP contribution in [0, 0.1) is 0 Å². The van der Waals surface area contributed by atoms with E-state index in [2.05, 4.69) is 24.3 Å². The van der Waals surface area contributed by atoms with E-state index in [-0.39, 0.29) is 5.83 Å². The lowest BCUT2D eigenvalue weighted by Gasteiger charge is -2.14. The Morgan fingerprint density at radius 1 is 1.12 bits per heavy atom. The van der Waals surface area contributed by atoms with Crippen LogP contribution in [0.2, 0.25) is 0 Å². The normalized spacial score (nSPS) is 19.7. The minimum absolute atomic E-state index is 0.0466. The molecule has 0 N–H and O–H groups in total. The molecular weight excluding hydrogens is 219 g/mol. The highest BCUT2D eigenvalue weighted by atomic mass is 32.2. The van der Waals surface area contributed by atoms with Gasteiger partial charge in [0.2, 0.25) is 0 Å². The van der Waals surface area contributed by atoms with E-state index in [0.29, 0.717) is 6.42 Å². The molecule has 1 aromatic carbocycles. The molecule has 0 spiro atoms. The molecule has 0 radical (unpaired) electrons. The first-order chi connectivity index (χ1) is 7.83. The Morgan fingerprint density at radius 2 is 2.00 bits per heavy atom. The van der Waals surface area contributed by atoms with Gasteiger partial charge in [0, 0.05) is 17.1 Å². The molecule has 0 bridgehead atoms. The monoisotopic (exact) mass is 232 g/mol. The van der Waals surface area contributed by atoms with Crippen molar-refractivity contribution in [3.63, 3.8) is 0 Å². The van der Waals surface area contributed by atoms with Crippen molar-refractivity contribution in [2.45, 2.75) is 24.2 Å². The zero-order valence-corrected chi connectivity index (χ0v) is 9.82. The van der Waals surface area contributed by atoms with E-state index in [9.17, 15) is 4.39 Å². The Hall–Kier alpha value is -1.02. The maximum atomic E-state index is 13.2. The number of benzene rings is 1. The van der Waals surface area contributed by atoms with Crippen LogP contribution >= 0.6 is 11.8 Å². The first-order valence-corrected chi connectivity index (χ1v) is 6.59. The summed E-state index contributed by atoms with van der Waals surface area (Å²) in [4.78, 5) is 1.35. The van der Waals surface area contributed by atoms with Gasteiger partial charge in [-0.2, -0.15) is 0 Å². The summed E-state index contributed by atoms with van der Waals surface area (Å²) in [5, 5.41) is 0. The molecule has 0 aromatic heterocycles. The summed E-state index contributed by atoms with van der Waals surface area (Å²) in [5.41, 5.74) is 4.04. The highest BCUT2D eigenvalue weighted by molar-refractivity contribution is 7.99. The Balaban J connectivity index is 1.99. The average Bonchev–Trinajstić information content (AvgIpc) is 2.48. The van der Waals surface area contributed by atoms with E-state index in [4.69, 9.17) is 0 Å². The van der Waals surface area contributed by atoms with Crippen LogP contribution in [0.25, 0.3) is 0 Å². The summed E-state index contributed by atoms with van der Waals surface area (Å²) in [6, 6.07) is 8.52.